The molecule has 1 aliphatic carbocycles. The van der Waals surface area contributed by atoms with Crippen molar-refractivity contribution in [3.05, 3.63) is 86.6 Å². The molecule has 8 nitrogen and oxygen atoms in total. The quantitative estimate of drug-likeness (QED) is 0.326. The molecule has 11 heteroatoms. The van der Waals surface area contributed by atoms with E-state index in [4.69, 9.17) is 0 Å². The fourth-order valence-electron chi connectivity index (χ4n) is 4.15. The Morgan fingerprint density at radius 1 is 1.18 bits per heavy atom. The van der Waals surface area contributed by atoms with Gasteiger partial charge in [0, 0.05) is 41.6 Å². The number of hydrogen-bond acceptors (Lipinski definition) is 7. The van der Waals surface area contributed by atoms with Gasteiger partial charge in [-0.25, -0.2) is 13.5 Å². The van der Waals surface area contributed by atoms with E-state index in [0.29, 0.717) is 47.4 Å². The monoisotopic (exact) mass is 469 g/mol. The van der Waals surface area contributed by atoms with Gasteiger partial charge in [-0.2, -0.15) is 4.98 Å². The minimum Gasteiger partial charge on any atom is -0.328 e. The van der Waals surface area contributed by atoms with E-state index < -0.39 is 22.6 Å². The van der Waals surface area contributed by atoms with E-state index in [0.717, 1.165) is 11.6 Å². The van der Waals surface area contributed by atoms with Crippen LogP contribution in [-0.2, 0) is 10.5 Å². The maximum Gasteiger partial charge on any atom is 0.269 e. The predicted octanol–water partition coefficient (Wildman–Crippen LogP) is 4.78. The molecular weight excluding hydrogens is 452 g/mol. The fraction of sp³-hybridized carbons (Fsp3) is 0.227. The standard InChI is InChI=1S/C22H17F2N5O3S/c23-14-8-13(9-15(24)10-14)20-19-17(5-2-6-18(19)30)25-21-26-22(27-28(20)21)33-11-12-3-1-4-16(7-12)29(31)32/h1,3-4,7-10,20H,2,5-6,11H2,(H,25,26,27)/t20-/m1/s1. The number of hydrogen-bond donors (Lipinski definition) is 1. The van der Waals surface area contributed by atoms with Crippen LogP contribution in [0.3, 0.4) is 0 Å². The van der Waals surface area contributed by atoms with Crippen molar-refractivity contribution < 1.29 is 18.5 Å². The van der Waals surface area contributed by atoms with Crippen molar-refractivity contribution in [2.75, 3.05) is 5.32 Å². The Labute approximate surface area is 190 Å². The lowest BCUT2D eigenvalue weighted by molar-refractivity contribution is -0.384. The van der Waals surface area contributed by atoms with E-state index in [2.05, 4.69) is 15.4 Å². The van der Waals surface area contributed by atoms with Gasteiger partial charge >= 0.3 is 0 Å². The molecule has 3 aromatic rings. The minimum atomic E-state index is -0.797. The number of nitro benzene ring substituents is 1. The van der Waals surface area contributed by atoms with Crippen LogP contribution in [-0.4, -0.2) is 25.5 Å². The Morgan fingerprint density at radius 2 is 1.97 bits per heavy atom. The topological polar surface area (TPSA) is 103 Å². The third-order valence-electron chi connectivity index (χ3n) is 5.54. The molecule has 0 spiro atoms. The number of non-ortho nitro benzene ring substituents is 1. The summed E-state index contributed by atoms with van der Waals surface area (Å²) in [5, 5.41) is 19.0. The highest BCUT2D eigenvalue weighted by atomic mass is 32.2. The van der Waals surface area contributed by atoms with E-state index in [-0.39, 0.29) is 17.0 Å². The van der Waals surface area contributed by atoms with Crippen LogP contribution in [0, 0.1) is 21.7 Å². The minimum absolute atomic E-state index is 0.00422. The molecule has 0 radical (unpaired) electrons. The molecule has 5 rings (SSSR count). The molecule has 0 bridgehead atoms. The molecule has 0 saturated heterocycles. The number of nitrogens with zero attached hydrogens (tertiary/aromatic N) is 4. The van der Waals surface area contributed by atoms with Crippen molar-refractivity contribution in [2.24, 2.45) is 0 Å². The fourth-order valence-corrected chi connectivity index (χ4v) is 4.92. The number of allylic oxidation sites excluding steroid dienone is 2. The Balaban J connectivity index is 1.50. The first-order valence-corrected chi connectivity index (χ1v) is 11.2. The number of benzene rings is 2. The van der Waals surface area contributed by atoms with Gasteiger partial charge in [0.2, 0.25) is 11.1 Å². The lowest BCUT2D eigenvalue weighted by Gasteiger charge is -2.32. The molecule has 2 heterocycles. The number of halogens is 2. The van der Waals surface area contributed by atoms with E-state index in [1.807, 2.05) is 0 Å². The van der Waals surface area contributed by atoms with E-state index in [1.165, 1.54) is 40.7 Å². The van der Waals surface area contributed by atoms with Gasteiger partial charge in [0.25, 0.3) is 5.69 Å². The zero-order chi connectivity index (χ0) is 23.1. The molecule has 0 unspecified atom stereocenters. The van der Waals surface area contributed by atoms with Gasteiger partial charge in [-0.3, -0.25) is 14.9 Å². The lowest BCUT2D eigenvalue weighted by Crippen LogP contribution is -2.31. The van der Waals surface area contributed by atoms with Crippen molar-refractivity contribution >= 4 is 29.2 Å². The first-order valence-electron chi connectivity index (χ1n) is 10.2. The van der Waals surface area contributed by atoms with Gasteiger partial charge in [0.15, 0.2) is 5.78 Å². The van der Waals surface area contributed by atoms with Crippen LogP contribution in [0.1, 0.15) is 36.4 Å². The largest absolute Gasteiger partial charge is 0.328 e. The van der Waals surface area contributed by atoms with Crippen molar-refractivity contribution in [1.82, 2.24) is 14.8 Å². The molecular formula is C22H17F2N5O3S. The summed E-state index contributed by atoms with van der Waals surface area (Å²) in [4.78, 5) is 27.8. The number of carbonyl (C=O) groups is 1. The summed E-state index contributed by atoms with van der Waals surface area (Å²) in [6.45, 7) is 0. The number of anilines is 1. The second-order valence-corrected chi connectivity index (χ2v) is 8.72. The first-order chi connectivity index (χ1) is 15.9. The highest BCUT2D eigenvalue weighted by Crippen LogP contribution is 2.41. The van der Waals surface area contributed by atoms with Crippen LogP contribution in [0.25, 0.3) is 0 Å². The summed E-state index contributed by atoms with van der Waals surface area (Å²) in [5.41, 5.74) is 2.13. The van der Waals surface area contributed by atoms with E-state index in [9.17, 15) is 23.7 Å². The number of aromatic nitrogens is 3. The van der Waals surface area contributed by atoms with Crippen LogP contribution in [0.2, 0.25) is 0 Å². The second kappa shape index (κ2) is 8.39. The number of fused-ring (bicyclic) bond motifs is 1. The SMILES string of the molecule is O=C1CCCC2=C1[C@@H](c1cc(F)cc(F)c1)n1nc(SCc3cccc([N+](=O)[O-])c3)nc1N2. The van der Waals surface area contributed by atoms with Gasteiger partial charge in [0.1, 0.15) is 17.7 Å². The van der Waals surface area contributed by atoms with Crippen molar-refractivity contribution in [1.29, 1.82) is 0 Å². The van der Waals surface area contributed by atoms with E-state index >= 15 is 0 Å². The van der Waals surface area contributed by atoms with Crippen molar-refractivity contribution in [3.63, 3.8) is 0 Å². The maximum absolute atomic E-state index is 14.0. The molecule has 2 aromatic carbocycles. The van der Waals surface area contributed by atoms with Crippen LogP contribution in [0.15, 0.2) is 58.9 Å². The summed E-state index contributed by atoms with van der Waals surface area (Å²) < 4.78 is 29.5. The smallest absolute Gasteiger partial charge is 0.269 e. The van der Waals surface area contributed by atoms with Crippen LogP contribution < -0.4 is 5.32 Å². The molecule has 0 fully saturated rings. The number of carbonyl (C=O) groups excluding carboxylic acids is 1. The Hall–Kier alpha value is -3.60. The summed E-state index contributed by atoms with van der Waals surface area (Å²) in [6.07, 6.45) is 1.66. The highest BCUT2D eigenvalue weighted by molar-refractivity contribution is 7.98. The summed E-state index contributed by atoms with van der Waals surface area (Å²) >= 11 is 1.27. The molecule has 1 atom stereocenters. The molecule has 168 valence electrons. The van der Waals surface area contributed by atoms with Crippen LogP contribution in [0.4, 0.5) is 20.4 Å². The number of ketones is 1. The van der Waals surface area contributed by atoms with Gasteiger partial charge in [0.05, 0.1) is 4.92 Å². The molecule has 0 saturated carbocycles. The van der Waals surface area contributed by atoms with Crippen molar-refractivity contribution in [2.45, 2.75) is 36.2 Å². The van der Waals surface area contributed by atoms with Gasteiger partial charge in [-0.15, -0.1) is 5.10 Å². The van der Waals surface area contributed by atoms with E-state index in [1.54, 1.807) is 12.1 Å². The molecule has 1 aliphatic heterocycles. The van der Waals surface area contributed by atoms with Gasteiger partial charge < -0.3 is 5.32 Å². The number of rotatable bonds is 5. The summed E-state index contributed by atoms with van der Waals surface area (Å²) in [5.74, 6) is -0.812. The second-order valence-electron chi connectivity index (χ2n) is 7.78. The molecule has 33 heavy (non-hydrogen) atoms. The zero-order valence-electron chi connectivity index (χ0n) is 17.1. The number of Topliss-reactive ketones (excluding diaryl/α,β-unsaturated/α-hetero) is 1. The maximum atomic E-state index is 14.0. The van der Waals surface area contributed by atoms with Gasteiger partial charge in [-0.05, 0) is 36.1 Å². The van der Waals surface area contributed by atoms with Gasteiger partial charge in [-0.1, -0.05) is 23.9 Å². The number of nitro groups is 1. The molecule has 2 aliphatic rings. The third kappa shape index (κ3) is 4.11. The Morgan fingerprint density at radius 3 is 2.73 bits per heavy atom. The average molecular weight is 469 g/mol. The average Bonchev–Trinajstić information content (AvgIpc) is 3.18. The van der Waals surface area contributed by atoms with Crippen LogP contribution in [0.5, 0.6) is 0 Å². The third-order valence-corrected chi connectivity index (χ3v) is 6.45. The summed E-state index contributed by atoms with van der Waals surface area (Å²) in [6, 6.07) is 8.67. The van der Waals surface area contributed by atoms with Crippen LogP contribution >= 0.6 is 11.8 Å². The van der Waals surface area contributed by atoms with Crippen molar-refractivity contribution in [3.8, 4) is 0 Å². The summed E-state index contributed by atoms with van der Waals surface area (Å²) in [7, 11) is 0. The lowest BCUT2D eigenvalue weighted by atomic mass is 9.85. The normalized spacial score (nSPS) is 17.4. The molecule has 0 amide bonds. The molecule has 1 aromatic heterocycles. The Bertz CT molecular complexity index is 1300. The number of nitrogens with one attached hydrogen (secondary N) is 1. The zero-order valence-corrected chi connectivity index (χ0v) is 17.9. The highest BCUT2D eigenvalue weighted by Gasteiger charge is 2.37. The first kappa shape index (κ1) is 21.3. The number of thioether (sulfide) groups is 1. The predicted molar refractivity (Wildman–Crippen MR) is 117 cm³/mol. The molecule has 1 N–H and O–H groups in total. The Kier molecular flexibility index (Phi) is 5.41.